The lowest BCUT2D eigenvalue weighted by atomic mass is 10.1. The van der Waals surface area contributed by atoms with Gasteiger partial charge < -0.3 is 4.98 Å². The Bertz CT molecular complexity index is 384. The van der Waals surface area contributed by atoms with Crippen LogP contribution in [-0.2, 0) is 0 Å². The fraction of sp³-hybridized carbons (Fsp3) is 0.200. The summed E-state index contributed by atoms with van der Waals surface area (Å²) in [6, 6.07) is 4.02. The van der Waals surface area contributed by atoms with Gasteiger partial charge in [-0.15, -0.1) is 0 Å². The Balaban J connectivity index is 2.64. The maximum atomic E-state index is 4.03. The van der Waals surface area contributed by atoms with Crippen LogP contribution in [0.3, 0.4) is 0 Å². The van der Waals surface area contributed by atoms with Crippen molar-refractivity contribution in [3.05, 3.63) is 35.8 Å². The van der Waals surface area contributed by atoms with E-state index in [2.05, 4.69) is 15.2 Å². The van der Waals surface area contributed by atoms with Gasteiger partial charge in [-0.2, -0.15) is 10.2 Å². The number of nitrogens with one attached hydrogen (secondary N) is 1. The standard InChI is InChI=1S/C10H11N3/c1-7-6-12-13-8(2)10(7)9-4-3-5-11-9/h3-6,11H,1-2H3. The maximum Gasteiger partial charge on any atom is 0.0695 e. The number of H-pyrrole nitrogens is 1. The van der Waals surface area contributed by atoms with Crippen LogP contribution in [0, 0.1) is 13.8 Å². The second-order valence-electron chi connectivity index (χ2n) is 3.07. The zero-order chi connectivity index (χ0) is 9.26. The molecule has 1 N–H and O–H groups in total. The van der Waals surface area contributed by atoms with Crippen LogP contribution < -0.4 is 0 Å². The van der Waals surface area contributed by atoms with Crippen molar-refractivity contribution in [2.24, 2.45) is 0 Å². The molecule has 0 aromatic carbocycles. The third-order valence-corrected chi connectivity index (χ3v) is 2.08. The zero-order valence-corrected chi connectivity index (χ0v) is 7.70. The average molecular weight is 173 g/mol. The summed E-state index contributed by atoms with van der Waals surface area (Å²) >= 11 is 0. The molecule has 0 aliphatic carbocycles. The molecule has 0 saturated carbocycles. The highest BCUT2D eigenvalue weighted by molar-refractivity contribution is 5.65. The Morgan fingerprint density at radius 1 is 1.31 bits per heavy atom. The summed E-state index contributed by atoms with van der Waals surface area (Å²) in [4.78, 5) is 3.17. The van der Waals surface area contributed by atoms with Crippen LogP contribution in [0.1, 0.15) is 11.3 Å². The monoisotopic (exact) mass is 173 g/mol. The van der Waals surface area contributed by atoms with Crippen molar-refractivity contribution in [1.82, 2.24) is 15.2 Å². The largest absolute Gasteiger partial charge is 0.361 e. The lowest BCUT2D eigenvalue weighted by Gasteiger charge is -2.04. The fourth-order valence-electron chi connectivity index (χ4n) is 1.50. The number of aryl methyl sites for hydroxylation is 2. The van der Waals surface area contributed by atoms with Crippen LogP contribution in [0.4, 0.5) is 0 Å². The first-order chi connectivity index (χ1) is 6.29. The minimum absolute atomic E-state index is 0.961. The molecule has 0 aliphatic rings. The summed E-state index contributed by atoms with van der Waals surface area (Å²) in [5, 5.41) is 7.92. The Labute approximate surface area is 76.8 Å². The van der Waals surface area contributed by atoms with E-state index in [0.29, 0.717) is 0 Å². The molecule has 13 heavy (non-hydrogen) atoms. The SMILES string of the molecule is Cc1cnnc(C)c1-c1ccc[nH]1. The Morgan fingerprint density at radius 2 is 2.15 bits per heavy atom. The first-order valence-corrected chi connectivity index (χ1v) is 4.21. The van der Waals surface area contributed by atoms with Crippen LogP contribution in [0.5, 0.6) is 0 Å². The molecule has 3 heteroatoms. The van der Waals surface area contributed by atoms with Crippen molar-refractivity contribution >= 4 is 0 Å². The van der Waals surface area contributed by atoms with Gasteiger partial charge in [0.1, 0.15) is 0 Å². The molecule has 0 bridgehead atoms. The third kappa shape index (κ3) is 1.33. The van der Waals surface area contributed by atoms with E-state index in [1.807, 2.05) is 32.2 Å². The van der Waals surface area contributed by atoms with Crippen LogP contribution >= 0.6 is 0 Å². The van der Waals surface area contributed by atoms with Gasteiger partial charge >= 0.3 is 0 Å². The first-order valence-electron chi connectivity index (χ1n) is 4.21. The summed E-state index contributed by atoms with van der Waals surface area (Å²) < 4.78 is 0. The lowest BCUT2D eigenvalue weighted by Crippen LogP contribution is -1.94. The van der Waals surface area contributed by atoms with Crippen LogP contribution in [0.2, 0.25) is 0 Å². The van der Waals surface area contributed by atoms with Gasteiger partial charge in [0.2, 0.25) is 0 Å². The Hall–Kier alpha value is -1.64. The molecular weight excluding hydrogens is 162 g/mol. The second kappa shape index (κ2) is 3.01. The fourth-order valence-corrected chi connectivity index (χ4v) is 1.50. The van der Waals surface area contributed by atoms with Gasteiger partial charge in [0.05, 0.1) is 11.9 Å². The van der Waals surface area contributed by atoms with Gasteiger partial charge in [0, 0.05) is 17.5 Å². The molecule has 3 nitrogen and oxygen atoms in total. The predicted octanol–water partition coefficient (Wildman–Crippen LogP) is 2.09. The minimum Gasteiger partial charge on any atom is -0.361 e. The van der Waals surface area contributed by atoms with Gasteiger partial charge in [0.25, 0.3) is 0 Å². The molecule has 2 aromatic rings. The molecule has 0 amide bonds. The van der Waals surface area contributed by atoms with E-state index in [1.165, 1.54) is 0 Å². The van der Waals surface area contributed by atoms with E-state index in [0.717, 1.165) is 22.5 Å². The molecule has 0 unspecified atom stereocenters. The molecule has 0 spiro atoms. The van der Waals surface area contributed by atoms with Crippen LogP contribution in [-0.4, -0.2) is 15.2 Å². The molecule has 2 heterocycles. The summed E-state index contributed by atoms with van der Waals surface area (Å²) in [5.41, 5.74) is 4.36. The normalized spacial score (nSPS) is 10.3. The van der Waals surface area contributed by atoms with Gasteiger partial charge in [-0.1, -0.05) is 0 Å². The van der Waals surface area contributed by atoms with Crippen molar-refractivity contribution in [3.63, 3.8) is 0 Å². The lowest BCUT2D eigenvalue weighted by molar-refractivity contribution is 0.968. The highest BCUT2D eigenvalue weighted by atomic mass is 15.1. The molecular formula is C10H11N3. The summed E-state index contributed by atoms with van der Waals surface area (Å²) in [7, 11) is 0. The maximum absolute atomic E-state index is 4.03. The molecule has 0 aliphatic heterocycles. The molecule has 0 radical (unpaired) electrons. The summed E-state index contributed by atoms with van der Waals surface area (Å²) in [6.07, 6.45) is 3.69. The summed E-state index contributed by atoms with van der Waals surface area (Å²) in [6.45, 7) is 4.01. The van der Waals surface area contributed by atoms with E-state index in [1.54, 1.807) is 6.20 Å². The first kappa shape index (κ1) is 7.98. The topological polar surface area (TPSA) is 41.6 Å². The van der Waals surface area contributed by atoms with Crippen molar-refractivity contribution < 1.29 is 0 Å². The molecule has 0 fully saturated rings. The van der Waals surface area contributed by atoms with Gasteiger partial charge in [-0.05, 0) is 31.5 Å². The molecule has 66 valence electrons. The number of nitrogens with zero attached hydrogens (tertiary/aromatic N) is 2. The number of rotatable bonds is 1. The summed E-state index contributed by atoms with van der Waals surface area (Å²) in [5.74, 6) is 0. The molecule has 2 aromatic heterocycles. The third-order valence-electron chi connectivity index (χ3n) is 2.08. The smallest absolute Gasteiger partial charge is 0.0695 e. The van der Waals surface area contributed by atoms with Gasteiger partial charge in [-0.25, -0.2) is 0 Å². The minimum atomic E-state index is 0.961. The van der Waals surface area contributed by atoms with E-state index in [9.17, 15) is 0 Å². The van der Waals surface area contributed by atoms with Crippen molar-refractivity contribution in [2.75, 3.05) is 0 Å². The Morgan fingerprint density at radius 3 is 2.77 bits per heavy atom. The van der Waals surface area contributed by atoms with E-state index < -0.39 is 0 Å². The molecule has 2 rings (SSSR count). The van der Waals surface area contributed by atoms with Gasteiger partial charge in [-0.3, -0.25) is 0 Å². The van der Waals surface area contributed by atoms with E-state index in [-0.39, 0.29) is 0 Å². The number of aromatic nitrogens is 3. The highest BCUT2D eigenvalue weighted by Crippen LogP contribution is 2.22. The average Bonchev–Trinajstić information content (AvgIpc) is 2.57. The molecule has 0 saturated heterocycles. The quantitative estimate of drug-likeness (QED) is 0.717. The van der Waals surface area contributed by atoms with E-state index >= 15 is 0 Å². The highest BCUT2D eigenvalue weighted by Gasteiger charge is 2.06. The van der Waals surface area contributed by atoms with Crippen LogP contribution in [0.15, 0.2) is 24.5 Å². The van der Waals surface area contributed by atoms with Crippen molar-refractivity contribution in [3.8, 4) is 11.3 Å². The predicted molar refractivity (Wildman–Crippen MR) is 51.3 cm³/mol. The number of aromatic amines is 1. The number of hydrogen-bond donors (Lipinski definition) is 1. The van der Waals surface area contributed by atoms with Gasteiger partial charge in [0.15, 0.2) is 0 Å². The van der Waals surface area contributed by atoms with Crippen molar-refractivity contribution in [2.45, 2.75) is 13.8 Å². The zero-order valence-electron chi connectivity index (χ0n) is 7.70. The Kier molecular flexibility index (Phi) is 1.85. The van der Waals surface area contributed by atoms with Crippen LogP contribution in [0.25, 0.3) is 11.3 Å². The second-order valence-corrected chi connectivity index (χ2v) is 3.07. The van der Waals surface area contributed by atoms with Crippen molar-refractivity contribution in [1.29, 1.82) is 0 Å². The van der Waals surface area contributed by atoms with E-state index in [4.69, 9.17) is 0 Å². The molecule has 0 atom stereocenters. The number of hydrogen-bond acceptors (Lipinski definition) is 2.